The summed E-state index contributed by atoms with van der Waals surface area (Å²) in [6.45, 7) is 4.54. The van der Waals surface area contributed by atoms with Crippen molar-refractivity contribution in [3.8, 4) is 0 Å². The number of nitrogens with zero attached hydrogens (tertiary/aromatic N) is 1. The van der Waals surface area contributed by atoms with Gasteiger partial charge in [0.05, 0.1) is 6.61 Å². The molecule has 0 bridgehead atoms. The molecule has 1 N–H and O–H groups in total. The molecule has 0 aromatic heterocycles. The minimum atomic E-state index is -1.03. The molecular weight excluding hydrogens is 258 g/mol. The lowest BCUT2D eigenvalue weighted by molar-refractivity contribution is -0.143. The van der Waals surface area contributed by atoms with Crippen molar-refractivity contribution in [2.75, 3.05) is 13.2 Å². The number of ether oxygens (including phenoxy) is 1. The molecule has 1 atom stereocenters. The second kappa shape index (κ2) is 5.94. The van der Waals surface area contributed by atoms with E-state index in [1.165, 1.54) is 4.90 Å². The number of hydrogen-bond donors (Lipinski definition) is 1. The molecule has 2 rings (SSSR count). The Morgan fingerprint density at radius 2 is 2.10 bits per heavy atom. The first-order chi connectivity index (χ1) is 9.50. The number of carboxylic acid groups (broad SMARTS) is 1. The third-order valence-electron chi connectivity index (χ3n) is 3.29. The van der Waals surface area contributed by atoms with Gasteiger partial charge in [-0.3, -0.25) is 4.90 Å². The molecule has 20 heavy (non-hydrogen) atoms. The number of fused-ring (bicyclic) bond motifs is 1. The lowest BCUT2D eigenvalue weighted by Crippen LogP contribution is -2.44. The van der Waals surface area contributed by atoms with E-state index in [1.54, 1.807) is 12.1 Å². The average molecular weight is 277 g/mol. The van der Waals surface area contributed by atoms with E-state index in [-0.39, 0.29) is 5.92 Å². The third-order valence-corrected chi connectivity index (χ3v) is 3.29. The molecule has 0 saturated carbocycles. The Balaban J connectivity index is 2.22. The summed E-state index contributed by atoms with van der Waals surface area (Å²) in [5.74, 6) is -0.807. The Morgan fingerprint density at radius 3 is 2.75 bits per heavy atom. The molecule has 0 aliphatic carbocycles. The van der Waals surface area contributed by atoms with E-state index in [9.17, 15) is 14.7 Å². The van der Waals surface area contributed by atoms with E-state index in [0.717, 1.165) is 5.56 Å². The SMILES string of the molecule is CC(C)COC(=O)N1CCc2ccccc2C1C(=O)O. The maximum atomic E-state index is 12.1. The minimum Gasteiger partial charge on any atom is -0.479 e. The first-order valence-corrected chi connectivity index (χ1v) is 6.74. The highest BCUT2D eigenvalue weighted by molar-refractivity contribution is 5.82. The van der Waals surface area contributed by atoms with E-state index in [4.69, 9.17) is 4.74 Å². The van der Waals surface area contributed by atoms with Gasteiger partial charge in [-0.2, -0.15) is 0 Å². The Bertz CT molecular complexity index is 512. The van der Waals surface area contributed by atoms with Gasteiger partial charge >= 0.3 is 12.1 Å². The molecule has 1 unspecified atom stereocenters. The Hall–Kier alpha value is -2.04. The van der Waals surface area contributed by atoms with Crippen LogP contribution in [0.4, 0.5) is 4.79 Å². The van der Waals surface area contributed by atoms with E-state index >= 15 is 0 Å². The van der Waals surface area contributed by atoms with Gasteiger partial charge in [0.1, 0.15) is 0 Å². The van der Waals surface area contributed by atoms with Crippen LogP contribution in [-0.4, -0.2) is 35.2 Å². The van der Waals surface area contributed by atoms with Gasteiger partial charge in [-0.05, 0) is 23.5 Å². The Morgan fingerprint density at radius 1 is 1.40 bits per heavy atom. The molecule has 1 aromatic rings. The summed E-state index contributed by atoms with van der Waals surface area (Å²) < 4.78 is 5.16. The summed E-state index contributed by atoms with van der Waals surface area (Å²) >= 11 is 0. The van der Waals surface area contributed by atoms with Gasteiger partial charge in [0.25, 0.3) is 0 Å². The standard InChI is InChI=1S/C15H19NO4/c1-10(2)9-20-15(19)16-8-7-11-5-3-4-6-12(11)13(16)14(17)18/h3-6,10,13H,7-9H2,1-2H3,(H,17,18). The number of carbonyl (C=O) groups excluding carboxylic acids is 1. The zero-order chi connectivity index (χ0) is 14.7. The maximum Gasteiger partial charge on any atom is 0.410 e. The van der Waals surface area contributed by atoms with Crippen LogP contribution in [0.5, 0.6) is 0 Å². The normalized spacial score (nSPS) is 17.8. The van der Waals surface area contributed by atoms with Crippen molar-refractivity contribution in [2.45, 2.75) is 26.3 Å². The van der Waals surface area contributed by atoms with Gasteiger partial charge < -0.3 is 9.84 Å². The quantitative estimate of drug-likeness (QED) is 0.921. The molecule has 1 aliphatic heterocycles. The van der Waals surface area contributed by atoms with Crippen molar-refractivity contribution < 1.29 is 19.4 Å². The summed E-state index contributed by atoms with van der Waals surface area (Å²) in [5, 5.41) is 9.43. The number of benzene rings is 1. The number of rotatable bonds is 3. The van der Waals surface area contributed by atoms with Crippen molar-refractivity contribution in [2.24, 2.45) is 5.92 Å². The maximum absolute atomic E-state index is 12.1. The van der Waals surface area contributed by atoms with Gasteiger partial charge in [0, 0.05) is 6.54 Å². The fraction of sp³-hybridized carbons (Fsp3) is 0.467. The first-order valence-electron chi connectivity index (χ1n) is 6.74. The van der Waals surface area contributed by atoms with Crippen LogP contribution >= 0.6 is 0 Å². The van der Waals surface area contributed by atoms with Crippen LogP contribution in [0.15, 0.2) is 24.3 Å². The summed E-state index contributed by atoms with van der Waals surface area (Å²) in [4.78, 5) is 24.9. The van der Waals surface area contributed by atoms with E-state index in [0.29, 0.717) is 25.1 Å². The van der Waals surface area contributed by atoms with Crippen LogP contribution in [0.2, 0.25) is 0 Å². The lowest BCUT2D eigenvalue weighted by atomic mass is 9.93. The largest absolute Gasteiger partial charge is 0.479 e. The molecule has 108 valence electrons. The number of carboxylic acids is 1. The summed E-state index contributed by atoms with van der Waals surface area (Å²) in [6.07, 6.45) is 0.0945. The topological polar surface area (TPSA) is 66.8 Å². The molecular formula is C15H19NO4. The van der Waals surface area contributed by atoms with Crippen LogP contribution in [-0.2, 0) is 16.0 Å². The molecule has 1 aliphatic rings. The van der Waals surface area contributed by atoms with Gasteiger partial charge in [-0.25, -0.2) is 9.59 Å². The highest BCUT2D eigenvalue weighted by Crippen LogP contribution is 2.30. The first kappa shape index (κ1) is 14.4. The van der Waals surface area contributed by atoms with Crippen LogP contribution < -0.4 is 0 Å². The van der Waals surface area contributed by atoms with Crippen LogP contribution in [0, 0.1) is 5.92 Å². The highest BCUT2D eigenvalue weighted by Gasteiger charge is 2.36. The minimum absolute atomic E-state index is 0.222. The molecule has 5 nitrogen and oxygen atoms in total. The second-order valence-electron chi connectivity index (χ2n) is 5.35. The van der Waals surface area contributed by atoms with E-state index in [2.05, 4.69) is 0 Å². The zero-order valence-corrected chi connectivity index (χ0v) is 11.7. The van der Waals surface area contributed by atoms with Gasteiger partial charge in [0.2, 0.25) is 0 Å². The molecule has 1 heterocycles. The smallest absolute Gasteiger partial charge is 0.410 e. The second-order valence-corrected chi connectivity index (χ2v) is 5.35. The third kappa shape index (κ3) is 2.92. The predicted molar refractivity (Wildman–Crippen MR) is 73.4 cm³/mol. The van der Waals surface area contributed by atoms with Crippen molar-refractivity contribution >= 4 is 12.1 Å². The molecule has 0 radical (unpaired) electrons. The fourth-order valence-electron chi connectivity index (χ4n) is 2.35. The van der Waals surface area contributed by atoms with E-state index < -0.39 is 18.1 Å². The summed E-state index contributed by atoms with van der Waals surface area (Å²) in [5.41, 5.74) is 1.65. The number of carbonyl (C=O) groups is 2. The molecule has 5 heteroatoms. The molecule has 1 aromatic carbocycles. The summed E-state index contributed by atoms with van der Waals surface area (Å²) in [7, 11) is 0. The number of amides is 1. The van der Waals surface area contributed by atoms with Gasteiger partial charge in [0.15, 0.2) is 6.04 Å². The van der Waals surface area contributed by atoms with Crippen LogP contribution in [0.1, 0.15) is 31.0 Å². The molecule has 0 spiro atoms. The molecule has 1 amide bonds. The summed E-state index contributed by atoms with van der Waals surface area (Å²) in [6, 6.07) is 6.37. The van der Waals surface area contributed by atoms with E-state index in [1.807, 2.05) is 26.0 Å². The number of hydrogen-bond acceptors (Lipinski definition) is 3. The van der Waals surface area contributed by atoms with Crippen LogP contribution in [0.25, 0.3) is 0 Å². The van der Waals surface area contributed by atoms with Crippen molar-refractivity contribution in [3.05, 3.63) is 35.4 Å². The predicted octanol–water partition coefficient (Wildman–Crippen LogP) is 2.46. The van der Waals surface area contributed by atoms with Crippen LogP contribution in [0.3, 0.4) is 0 Å². The van der Waals surface area contributed by atoms with Gasteiger partial charge in [-0.1, -0.05) is 38.1 Å². The molecule has 0 saturated heterocycles. The van der Waals surface area contributed by atoms with Crippen molar-refractivity contribution in [1.29, 1.82) is 0 Å². The van der Waals surface area contributed by atoms with Crippen molar-refractivity contribution in [1.82, 2.24) is 4.90 Å². The van der Waals surface area contributed by atoms with Gasteiger partial charge in [-0.15, -0.1) is 0 Å². The number of aliphatic carboxylic acids is 1. The highest BCUT2D eigenvalue weighted by atomic mass is 16.6. The monoisotopic (exact) mass is 277 g/mol. The Labute approximate surface area is 118 Å². The van der Waals surface area contributed by atoms with Crippen molar-refractivity contribution in [3.63, 3.8) is 0 Å². The zero-order valence-electron chi connectivity index (χ0n) is 11.7. The fourth-order valence-corrected chi connectivity index (χ4v) is 2.35. The lowest BCUT2D eigenvalue weighted by Gasteiger charge is -2.34. The average Bonchev–Trinajstić information content (AvgIpc) is 2.43. The molecule has 0 fully saturated rings. The Kier molecular flexibility index (Phi) is 4.27.